The van der Waals surface area contributed by atoms with Crippen LogP contribution in [0, 0.1) is 27.7 Å². The second-order valence-corrected chi connectivity index (χ2v) is 8.48. The Hall–Kier alpha value is -3.05. The summed E-state index contributed by atoms with van der Waals surface area (Å²) in [5, 5.41) is 15.2. The van der Waals surface area contributed by atoms with Crippen molar-refractivity contribution in [3.8, 4) is 11.4 Å². The van der Waals surface area contributed by atoms with E-state index in [1.165, 1.54) is 5.56 Å². The van der Waals surface area contributed by atoms with Gasteiger partial charge in [0.25, 0.3) is 5.91 Å². The lowest BCUT2D eigenvalue weighted by Crippen LogP contribution is -2.14. The van der Waals surface area contributed by atoms with E-state index >= 15 is 0 Å². The minimum absolute atomic E-state index is 0.188. The Morgan fingerprint density at radius 3 is 2.30 bits per heavy atom. The molecule has 1 amide bonds. The molecule has 0 bridgehead atoms. The van der Waals surface area contributed by atoms with Crippen LogP contribution in [0.4, 0.5) is 5.69 Å². The number of amides is 1. The van der Waals surface area contributed by atoms with Crippen LogP contribution in [-0.4, -0.2) is 15.6 Å². The molecular formula is C25H23BrN2O2. The molecule has 1 heterocycles. The van der Waals surface area contributed by atoms with Gasteiger partial charge in [-0.15, -0.1) is 0 Å². The zero-order valence-corrected chi connectivity index (χ0v) is 19.0. The fraction of sp³-hybridized carbons (Fsp3) is 0.160. The molecule has 1 aromatic heterocycles. The molecule has 4 nitrogen and oxygen atoms in total. The van der Waals surface area contributed by atoms with Crippen LogP contribution >= 0.6 is 15.9 Å². The number of carbonyl (C=O) groups is 1. The minimum Gasteiger partial charge on any atom is -0.505 e. The van der Waals surface area contributed by atoms with E-state index in [2.05, 4.69) is 38.8 Å². The van der Waals surface area contributed by atoms with Crippen molar-refractivity contribution in [3.05, 3.63) is 87.0 Å². The maximum atomic E-state index is 12.8. The fourth-order valence-corrected chi connectivity index (χ4v) is 4.08. The molecule has 0 aliphatic rings. The first-order chi connectivity index (χ1) is 14.3. The number of nitrogens with zero attached hydrogens (tertiary/aromatic N) is 1. The number of hydrogen-bond donors (Lipinski definition) is 2. The standard InChI is InChI=1S/C25H23BrN2O2/c1-14-15(2)24(29)23(28-17(4)16(3)20-7-5-6-8-22(20)28)13-21(14)27-25(30)18-9-11-19(26)12-10-18/h5-13,29H,1-4H3,(H,27,30). The molecule has 2 N–H and O–H groups in total. The number of anilines is 1. The zero-order chi connectivity index (χ0) is 21.6. The third kappa shape index (κ3) is 3.29. The molecule has 4 rings (SSSR count). The number of halogens is 1. The molecule has 0 radical (unpaired) electrons. The highest BCUT2D eigenvalue weighted by Crippen LogP contribution is 2.38. The van der Waals surface area contributed by atoms with Crippen molar-refractivity contribution in [2.24, 2.45) is 0 Å². The predicted octanol–water partition coefficient (Wildman–Crippen LogP) is 6.58. The van der Waals surface area contributed by atoms with E-state index in [1.54, 1.807) is 12.1 Å². The molecule has 152 valence electrons. The monoisotopic (exact) mass is 462 g/mol. The molecule has 30 heavy (non-hydrogen) atoms. The SMILES string of the molecule is Cc1c(NC(=O)c2ccc(Br)cc2)cc(-n2c(C)c(C)c3ccccc32)c(O)c1C. The fourth-order valence-electron chi connectivity index (χ4n) is 3.82. The molecule has 3 aromatic carbocycles. The van der Waals surface area contributed by atoms with E-state index in [0.29, 0.717) is 16.9 Å². The van der Waals surface area contributed by atoms with Gasteiger partial charge in [-0.25, -0.2) is 0 Å². The van der Waals surface area contributed by atoms with Crippen molar-refractivity contribution in [2.75, 3.05) is 5.32 Å². The summed E-state index contributed by atoms with van der Waals surface area (Å²) in [6.45, 7) is 7.91. The van der Waals surface area contributed by atoms with Crippen LogP contribution in [0.5, 0.6) is 5.75 Å². The van der Waals surface area contributed by atoms with Crippen molar-refractivity contribution in [3.63, 3.8) is 0 Å². The largest absolute Gasteiger partial charge is 0.505 e. The summed E-state index contributed by atoms with van der Waals surface area (Å²) in [6, 6.07) is 17.2. The number of hydrogen-bond acceptors (Lipinski definition) is 2. The topological polar surface area (TPSA) is 54.3 Å². The summed E-state index contributed by atoms with van der Waals surface area (Å²) < 4.78 is 2.98. The number of phenols is 1. The number of benzene rings is 3. The Kier molecular flexibility index (Phi) is 5.16. The van der Waals surface area contributed by atoms with Crippen molar-refractivity contribution < 1.29 is 9.90 Å². The summed E-state index contributed by atoms with van der Waals surface area (Å²) in [5.41, 5.74) is 6.75. The van der Waals surface area contributed by atoms with Crippen molar-refractivity contribution in [1.29, 1.82) is 0 Å². The number of fused-ring (bicyclic) bond motifs is 1. The van der Waals surface area contributed by atoms with Crippen LogP contribution in [0.25, 0.3) is 16.6 Å². The van der Waals surface area contributed by atoms with E-state index in [0.717, 1.165) is 32.2 Å². The third-order valence-electron chi connectivity index (χ3n) is 5.87. The number of aromatic nitrogens is 1. The molecule has 0 aliphatic heterocycles. The lowest BCUT2D eigenvalue weighted by Gasteiger charge is -2.18. The summed E-state index contributed by atoms with van der Waals surface area (Å²) >= 11 is 3.39. The maximum absolute atomic E-state index is 12.8. The van der Waals surface area contributed by atoms with Gasteiger partial charge in [-0.05, 0) is 80.8 Å². The lowest BCUT2D eigenvalue weighted by molar-refractivity contribution is 0.102. The van der Waals surface area contributed by atoms with E-state index < -0.39 is 0 Å². The number of rotatable bonds is 3. The van der Waals surface area contributed by atoms with Gasteiger partial charge in [-0.3, -0.25) is 4.79 Å². The highest BCUT2D eigenvalue weighted by atomic mass is 79.9. The molecule has 0 saturated carbocycles. The summed E-state index contributed by atoms with van der Waals surface area (Å²) in [7, 11) is 0. The first kappa shape index (κ1) is 20.2. The first-order valence-corrected chi connectivity index (χ1v) is 10.6. The summed E-state index contributed by atoms with van der Waals surface area (Å²) in [5.74, 6) is 0.0323. The molecule has 0 unspecified atom stereocenters. The van der Waals surface area contributed by atoms with Crippen molar-refractivity contribution >= 4 is 38.4 Å². The Balaban J connectivity index is 1.86. The Labute approximate surface area is 184 Å². The molecular weight excluding hydrogens is 440 g/mol. The number of carbonyl (C=O) groups excluding carboxylic acids is 1. The van der Waals surface area contributed by atoms with Gasteiger partial charge < -0.3 is 15.0 Å². The zero-order valence-electron chi connectivity index (χ0n) is 17.4. The number of aromatic hydroxyl groups is 1. The second-order valence-electron chi connectivity index (χ2n) is 7.57. The van der Waals surface area contributed by atoms with E-state index in [-0.39, 0.29) is 11.7 Å². The summed E-state index contributed by atoms with van der Waals surface area (Å²) in [4.78, 5) is 12.8. The van der Waals surface area contributed by atoms with Gasteiger partial charge >= 0.3 is 0 Å². The molecule has 0 spiro atoms. The molecule has 0 saturated heterocycles. The van der Waals surface area contributed by atoms with Crippen LogP contribution in [0.1, 0.15) is 32.7 Å². The lowest BCUT2D eigenvalue weighted by atomic mass is 10.0. The van der Waals surface area contributed by atoms with Gasteiger partial charge in [0.15, 0.2) is 0 Å². The predicted molar refractivity (Wildman–Crippen MR) is 126 cm³/mol. The van der Waals surface area contributed by atoms with Crippen molar-refractivity contribution in [1.82, 2.24) is 4.57 Å². The van der Waals surface area contributed by atoms with Crippen molar-refractivity contribution in [2.45, 2.75) is 27.7 Å². The number of phenolic OH excluding ortho intramolecular Hbond substituents is 1. The summed E-state index contributed by atoms with van der Waals surface area (Å²) in [6.07, 6.45) is 0. The van der Waals surface area contributed by atoms with Gasteiger partial charge in [0.05, 0.1) is 11.2 Å². The van der Waals surface area contributed by atoms with Crippen LogP contribution in [0.2, 0.25) is 0 Å². The third-order valence-corrected chi connectivity index (χ3v) is 6.40. The Morgan fingerprint density at radius 1 is 0.933 bits per heavy atom. The molecule has 0 atom stereocenters. The number of para-hydroxylation sites is 1. The van der Waals surface area contributed by atoms with Crippen LogP contribution < -0.4 is 5.32 Å². The van der Waals surface area contributed by atoms with E-state index in [4.69, 9.17) is 0 Å². The van der Waals surface area contributed by atoms with Gasteiger partial charge in [-0.1, -0.05) is 34.1 Å². The van der Waals surface area contributed by atoms with Crippen LogP contribution in [-0.2, 0) is 0 Å². The van der Waals surface area contributed by atoms with E-state index in [9.17, 15) is 9.90 Å². The average molecular weight is 463 g/mol. The molecule has 5 heteroatoms. The smallest absolute Gasteiger partial charge is 0.255 e. The van der Waals surface area contributed by atoms with Gasteiger partial charge in [0.1, 0.15) is 5.75 Å². The van der Waals surface area contributed by atoms with Gasteiger partial charge in [0.2, 0.25) is 0 Å². The Morgan fingerprint density at radius 2 is 1.60 bits per heavy atom. The first-order valence-electron chi connectivity index (χ1n) is 9.76. The molecule has 0 fully saturated rings. The van der Waals surface area contributed by atoms with E-state index in [1.807, 2.05) is 57.2 Å². The normalized spacial score (nSPS) is 11.1. The number of nitrogens with one attached hydrogen (secondary N) is 1. The Bertz CT molecular complexity index is 1290. The van der Waals surface area contributed by atoms with Crippen LogP contribution in [0.3, 0.4) is 0 Å². The molecule has 0 aliphatic carbocycles. The van der Waals surface area contributed by atoms with Crippen LogP contribution in [0.15, 0.2) is 59.1 Å². The number of aryl methyl sites for hydroxylation is 1. The second kappa shape index (κ2) is 7.65. The highest BCUT2D eigenvalue weighted by molar-refractivity contribution is 9.10. The van der Waals surface area contributed by atoms with Gasteiger partial charge in [0, 0.05) is 26.8 Å². The quantitative estimate of drug-likeness (QED) is 0.337. The maximum Gasteiger partial charge on any atom is 0.255 e. The highest BCUT2D eigenvalue weighted by Gasteiger charge is 2.19. The minimum atomic E-state index is -0.188. The van der Waals surface area contributed by atoms with Gasteiger partial charge in [-0.2, -0.15) is 0 Å². The average Bonchev–Trinajstić information content (AvgIpc) is 2.99. The molecule has 4 aromatic rings.